The van der Waals surface area contributed by atoms with Crippen molar-refractivity contribution in [3.8, 4) is 5.75 Å². The zero-order chi connectivity index (χ0) is 12.8. The summed E-state index contributed by atoms with van der Waals surface area (Å²) in [4.78, 5) is 0. The molecular formula is C12H17Cl2NO2. The predicted molar refractivity (Wildman–Crippen MR) is 71.0 cm³/mol. The van der Waals surface area contributed by atoms with Crippen molar-refractivity contribution in [2.45, 2.75) is 13.5 Å². The molecular weight excluding hydrogens is 261 g/mol. The Labute approximate surface area is 112 Å². The molecule has 0 bridgehead atoms. The molecule has 0 aliphatic rings. The maximum atomic E-state index is 8.90. The van der Waals surface area contributed by atoms with Crippen LogP contribution in [0.4, 0.5) is 0 Å². The van der Waals surface area contributed by atoms with Gasteiger partial charge in [0.2, 0.25) is 0 Å². The van der Waals surface area contributed by atoms with Crippen LogP contribution in [0.15, 0.2) is 12.1 Å². The van der Waals surface area contributed by atoms with E-state index in [1.54, 1.807) is 19.2 Å². The van der Waals surface area contributed by atoms with Gasteiger partial charge in [0, 0.05) is 30.8 Å². The normalized spacial score (nSPS) is 12.5. The highest BCUT2D eigenvalue weighted by Crippen LogP contribution is 2.30. The number of hydrogen-bond acceptors (Lipinski definition) is 3. The van der Waals surface area contributed by atoms with Crippen molar-refractivity contribution in [1.82, 2.24) is 5.32 Å². The van der Waals surface area contributed by atoms with Crippen molar-refractivity contribution in [2.24, 2.45) is 5.92 Å². The molecule has 96 valence electrons. The molecule has 1 aromatic carbocycles. The predicted octanol–water partition coefficient (Wildman–Crippen LogP) is 2.72. The molecule has 0 amide bonds. The smallest absolute Gasteiger partial charge is 0.138 e. The van der Waals surface area contributed by atoms with E-state index in [0.29, 0.717) is 22.3 Å². The Kier molecular flexibility index (Phi) is 6.06. The van der Waals surface area contributed by atoms with E-state index in [2.05, 4.69) is 5.32 Å². The number of ether oxygens (including phenoxy) is 1. The van der Waals surface area contributed by atoms with Gasteiger partial charge in [-0.3, -0.25) is 0 Å². The molecule has 1 unspecified atom stereocenters. The van der Waals surface area contributed by atoms with Gasteiger partial charge in [0.1, 0.15) is 5.75 Å². The fourth-order valence-electron chi connectivity index (χ4n) is 1.38. The minimum atomic E-state index is 0.171. The largest absolute Gasteiger partial charge is 0.495 e. The summed E-state index contributed by atoms with van der Waals surface area (Å²) in [6.45, 7) is 3.49. The van der Waals surface area contributed by atoms with Gasteiger partial charge in [-0.05, 0) is 17.5 Å². The molecule has 0 aromatic heterocycles. The fourth-order valence-corrected chi connectivity index (χ4v) is 1.86. The second-order valence-electron chi connectivity index (χ2n) is 4.00. The Morgan fingerprint density at radius 2 is 2.06 bits per heavy atom. The SMILES string of the molecule is COc1cc(Cl)c(CNCC(C)CO)cc1Cl. The summed E-state index contributed by atoms with van der Waals surface area (Å²) in [5.41, 5.74) is 0.919. The van der Waals surface area contributed by atoms with E-state index < -0.39 is 0 Å². The second-order valence-corrected chi connectivity index (χ2v) is 4.81. The van der Waals surface area contributed by atoms with Crippen molar-refractivity contribution in [2.75, 3.05) is 20.3 Å². The highest BCUT2D eigenvalue weighted by Gasteiger charge is 2.08. The molecule has 5 heteroatoms. The molecule has 2 N–H and O–H groups in total. The monoisotopic (exact) mass is 277 g/mol. The van der Waals surface area contributed by atoms with Crippen LogP contribution in [-0.4, -0.2) is 25.4 Å². The third-order valence-corrected chi connectivity index (χ3v) is 3.09. The lowest BCUT2D eigenvalue weighted by Gasteiger charge is -2.12. The Balaban J connectivity index is 2.62. The van der Waals surface area contributed by atoms with Crippen molar-refractivity contribution in [3.05, 3.63) is 27.7 Å². The van der Waals surface area contributed by atoms with Crippen LogP contribution >= 0.6 is 23.2 Å². The van der Waals surface area contributed by atoms with Crippen LogP contribution < -0.4 is 10.1 Å². The molecule has 0 saturated carbocycles. The Morgan fingerprint density at radius 3 is 2.65 bits per heavy atom. The Bertz CT molecular complexity index is 372. The third-order valence-electron chi connectivity index (χ3n) is 2.44. The molecule has 0 saturated heterocycles. The van der Waals surface area contributed by atoms with Gasteiger partial charge >= 0.3 is 0 Å². The summed E-state index contributed by atoms with van der Waals surface area (Å²) in [7, 11) is 1.55. The highest BCUT2D eigenvalue weighted by molar-refractivity contribution is 6.34. The number of hydrogen-bond donors (Lipinski definition) is 2. The lowest BCUT2D eigenvalue weighted by atomic mass is 10.2. The first kappa shape index (κ1) is 14.6. The van der Waals surface area contributed by atoms with Gasteiger partial charge in [-0.15, -0.1) is 0 Å². The number of methoxy groups -OCH3 is 1. The van der Waals surface area contributed by atoms with Crippen molar-refractivity contribution < 1.29 is 9.84 Å². The molecule has 17 heavy (non-hydrogen) atoms. The zero-order valence-electron chi connectivity index (χ0n) is 9.96. The second kappa shape index (κ2) is 7.07. The first-order valence-corrected chi connectivity index (χ1v) is 6.17. The maximum Gasteiger partial charge on any atom is 0.138 e. The van der Waals surface area contributed by atoms with Gasteiger partial charge < -0.3 is 15.2 Å². The van der Waals surface area contributed by atoms with E-state index in [1.165, 1.54) is 0 Å². The van der Waals surface area contributed by atoms with E-state index in [1.807, 2.05) is 6.92 Å². The summed E-state index contributed by atoms with van der Waals surface area (Å²) in [5, 5.41) is 13.3. The molecule has 1 rings (SSSR count). The molecule has 1 atom stereocenters. The quantitative estimate of drug-likeness (QED) is 0.840. The van der Waals surface area contributed by atoms with Gasteiger partial charge in [-0.25, -0.2) is 0 Å². The van der Waals surface area contributed by atoms with Crippen molar-refractivity contribution in [1.29, 1.82) is 0 Å². The molecule has 0 aliphatic carbocycles. The molecule has 0 aliphatic heterocycles. The van der Waals surface area contributed by atoms with Crippen LogP contribution in [0.1, 0.15) is 12.5 Å². The van der Waals surface area contributed by atoms with E-state index in [-0.39, 0.29) is 12.5 Å². The van der Waals surface area contributed by atoms with E-state index in [4.69, 9.17) is 33.0 Å². The van der Waals surface area contributed by atoms with Crippen LogP contribution in [0.2, 0.25) is 10.0 Å². The number of benzene rings is 1. The topological polar surface area (TPSA) is 41.5 Å². The Morgan fingerprint density at radius 1 is 1.35 bits per heavy atom. The van der Waals surface area contributed by atoms with Gasteiger partial charge in [-0.1, -0.05) is 30.1 Å². The summed E-state index contributed by atoms with van der Waals surface area (Å²) < 4.78 is 5.07. The van der Waals surface area contributed by atoms with Gasteiger partial charge in [-0.2, -0.15) is 0 Å². The maximum absolute atomic E-state index is 8.90. The summed E-state index contributed by atoms with van der Waals surface area (Å²) >= 11 is 12.1. The minimum absolute atomic E-state index is 0.171. The lowest BCUT2D eigenvalue weighted by Crippen LogP contribution is -2.22. The van der Waals surface area contributed by atoms with Crippen LogP contribution in [0.25, 0.3) is 0 Å². The van der Waals surface area contributed by atoms with Gasteiger partial charge in [0.25, 0.3) is 0 Å². The molecule has 0 fully saturated rings. The molecule has 3 nitrogen and oxygen atoms in total. The number of aliphatic hydroxyl groups is 1. The number of aliphatic hydroxyl groups excluding tert-OH is 1. The van der Waals surface area contributed by atoms with Crippen LogP contribution in [0.5, 0.6) is 5.75 Å². The van der Waals surface area contributed by atoms with E-state index >= 15 is 0 Å². The molecule has 0 radical (unpaired) electrons. The first-order valence-electron chi connectivity index (χ1n) is 5.42. The van der Waals surface area contributed by atoms with Crippen LogP contribution in [0.3, 0.4) is 0 Å². The van der Waals surface area contributed by atoms with Crippen molar-refractivity contribution in [3.63, 3.8) is 0 Å². The highest BCUT2D eigenvalue weighted by atomic mass is 35.5. The number of rotatable bonds is 6. The molecule has 0 spiro atoms. The first-order chi connectivity index (χ1) is 8.08. The average molecular weight is 278 g/mol. The van der Waals surface area contributed by atoms with E-state index in [9.17, 15) is 0 Å². The standard InChI is InChI=1S/C12H17Cl2NO2/c1-8(7-16)5-15-6-9-3-11(14)12(17-2)4-10(9)13/h3-4,8,15-16H,5-7H2,1-2H3. The van der Waals surface area contributed by atoms with Crippen LogP contribution in [0, 0.1) is 5.92 Å². The Hall–Kier alpha value is -0.480. The number of nitrogens with one attached hydrogen (secondary N) is 1. The van der Waals surface area contributed by atoms with Crippen molar-refractivity contribution >= 4 is 23.2 Å². The molecule has 1 aromatic rings. The lowest BCUT2D eigenvalue weighted by molar-refractivity contribution is 0.233. The summed E-state index contributed by atoms with van der Waals surface area (Å²) in [6, 6.07) is 3.50. The summed E-state index contributed by atoms with van der Waals surface area (Å²) in [6.07, 6.45) is 0. The molecule has 0 heterocycles. The minimum Gasteiger partial charge on any atom is -0.495 e. The van der Waals surface area contributed by atoms with E-state index in [0.717, 1.165) is 12.1 Å². The fraction of sp³-hybridized carbons (Fsp3) is 0.500. The third kappa shape index (κ3) is 4.36. The average Bonchev–Trinajstić information content (AvgIpc) is 2.32. The van der Waals surface area contributed by atoms with Gasteiger partial charge in [0.15, 0.2) is 0 Å². The summed E-state index contributed by atoms with van der Waals surface area (Å²) in [5.74, 6) is 0.798. The number of halogens is 2. The zero-order valence-corrected chi connectivity index (χ0v) is 11.5. The van der Waals surface area contributed by atoms with Crippen LogP contribution in [-0.2, 0) is 6.54 Å². The van der Waals surface area contributed by atoms with Gasteiger partial charge in [0.05, 0.1) is 12.1 Å².